The number of carbonyl (C=O) groups is 4. The van der Waals surface area contributed by atoms with Gasteiger partial charge in [-0.25, -0.2) is 19.2 Å². The Balaban J connectivity index is 1.82. The number of aryl methyl sites for hydroxylation is 4. The fourth-order valence-corrected chi connectivity index (χ4v) is 7.61. The third kappa shape index (κ3) is 17.9. The van der Waals surface area contributed by atoms with Crippen LogP contribution in [0.2, 0.25) is 0 Å². The number of hydrogen-bond donors (Lipinski definition) is 0. The molecule has 0 saturated carbocycles. The molecule has 0 spiro atoms. The van der Waals surface area contributed by atoms with Crippen molar-refractivity contribution in [3.8, 4) is 23.0 Å². The third-order valence-corrected chi connectivity index (χ3v) is 9.98. The number of carbonyl (C=O) groups excluding carboxylic acids is 4. The zero-order valence-corrected chi connectivity index (χ0v) is 43.5. The van der Waals surface area contributed by atoms with Crippen LogP contribution in [0.4, 0.5) is 0 Å². The zero-order valence-electron chi connectivity index (χ0n) is 43.5. The SMILES string of the molecule is Cc1ccc(OCC(=O)OC(C)(C)C)c(Cc2cc(Cc3cc(C)c(OCC(=O)OC(C)(C)C)c(Cc4cc(C)ccc4OCC(=O)OC(C)(C)C)c3C)cc(C)c2OCC(=O)OC(C)(C)C)c1. The second-order valence-electron chi connectivity index (χ2n) is 21.4. The highest BCUT2D eigenvalue weighted by Crippen LogP contribution is 2.37. The van der Waals surface area contributed by atoms with E-state index in [4.69, 9.17) is 37.9 Å². The van der Waals surface area contributed by atoms with Gasteiger partial charge in [0.15, 0.2) is 26.4 Å². The number of rotatable bonds is 18. The normalized spacial score (nSPS) is 12.0. The summed E-state index contributed by atoms with van der Waals surface area (Å²) in [5, 5.41) is 0. The summed E-state index contributed by atoms with van der Waals surface area (Å²) in [6.45, 7) is 30.5. The minimum Gasteiger partial charge on any atom is -0.482 e. The van der Waals surface area contributed by atoms with Crippen molar-refractivity contribution in [3.05, 3.63) is 116 Å². The molecule has 12 nitrogen and oxygen atoms in total. The van der Waals surface area contributed by atoms with Gasteiger partial charge in [-0.15, -0.1) is 0 Å². The van der Waals surface area contributed by atoms with Crippen molar-refractivity contribution >= 4 is 23.9 Å². The molecule has 0 unspecified atom stereocenters. The maximum Gasteiger partial charge on any atom is 0.344 e. The molecule has 0 bridgehead atoms. The van der Waals surface area contributed by atoms with Crippen LogP contribution in [-0.4, -0.2) is 72.7 Å². The summed E-state index contributed by atoms with van der Waals surface area (Å²) in [6, 6.07) is 17.8. The highest BCUT2D eigenvalue weighted by molar-refractivity contribution is 5.73. The van der Waals surface area contributed by atoms with Gasteiger partial charge in [0.2, 0.25) is 0 Å². The van der Waals surface area contributed by atoms with Gasteiger partial charge in [-0.2, -0.15) is 0 Å². The average Bonchev–Trinajstić information content (AvgIpc) is 3.16. The molecule has 0 atom stereocenters. The molecule has 68 heavy (non-hydrogen) atoms. The number of hydrogen-bond acceptors (Lipinski definition) is 12. The van der Waals surface area contributed by atoms with E-state index in [1.54, 1.807) is 20.8 Å². The van der Waals surface area contributed by atoms with Crippen molar-refractivity contribution in [3.63, 3.8) is 0 Å². The van der Waals surface area contributed by atoms with Gasteiger partial charge in [-0.1, -0.05) is 53.6 Å². The largest absolute Gasteiger partial charge is 0.482 e. The zero-order chi connectivity index (χ0) is 50.9. The highest BCUT2D eigenvalue weighted by atomic mass is 16.6. The molecule has 4 rings (SSSR count). The Kier molecular flexibility index (Phi) is 18.0. The van der Waals surface area contributed by atoms with Gasteiger partial charge < -0.3 is 37.9 Å². The summed E-state index contributed by atoms with van der Waals surface area (Å²) in [6.07, 6.45) is 1.21. The Morgan fingerprint density at radius 3 is 1.21 bits per heavy atom. The van der Waals surface area contributed by atoms with Crippen LogP contribution < -0.4 is 18.9 Å². The Labute approximate surface area is 404 Å². The molecule has 0 aliphatic heterocycles. The Morgan fingerprint density at radius 2 is 0.779 bits per heavy atom. The predicted molar refractivity (Wildman–Crippen MR) is 263 cm³/mol. The average molecular weight is 939 g/mol. The fraction of sp³-hybridized carbons (Fsp3) is 0.500. The van der Waals surface area contributed by atoms with Gasteiger partial charge >= 0.3 is 23.9 Å². The summed E-state index contributed by atoms with van der Waals surface area (Å²) >= 11 is 0. The van der Waals surface area contributed by atoms with E-state index in [0.717, 1.165) is 61.2 Å². The first kappa shape index (κ1) is 54.6. The standard InChI is InChI=1S/C56H74O12/c1-34-18-20-45(61-30-47(57)65-53(6,7)8)41(22-34)28-43-27-39(24-36(3)51(43)63-32-49(59)67-55(12,13)14)26-40-25-37(4)52(64-33-50(60)68-56(15,16)17)44(38(40)5)29-42-23-35(2)19-21-46(42)62-31-48(58)66-54(9,10)11/h18-25,27H,26,28-33H2,1-17H3. The molecule has 0 aliphatic rings. The number of benzene rings is 4. The molecule has 4 aromatic carbocycles. The summed E-state index contributed by atoms with van der Waals surface area (Å²) in [5.74, 6) is 0.175. The van der Waals surface area contributed by atoms with Gasteiger partial charge in [0.05, 0.1) is 0 Å². The fourth-order valence-electron chi connectivity index (χ4n) is 7.61. The van der Waals surface area contributed by atoms with Gasteiger partial charge in [0.25, 0.3) is 0 Å². The van der Waals surface area contributed by atoms with Crippen LogP contribution in [0.15, 0.2) is 54.6 Å². The quantitative estimate of drug-likeness (QED) is 0.0692. The molecular weight excluding hydrogens is 865 g/mol. The maximum atomic E-state index is 13.0. The molecule has 0 fully saturated rings. The Morgan fingerprint density at radius 1 is 0.397 bits per heavy atom. The lowest BCUT2D eigenvalue weighted by molar-refractivity contribution is -0.158. The first-order chi connectivity index (χ1) is 31.3. The van der Waals surface area contributed by atoms with Crippen molar-refractivity contribution in [1.29, 1.82) is 0 Å². The van der Waals surface area contributed by atoms with E-state index in [9.17, 15) is 19.2 Å². The smallest absolute Gasteiger partial charge is 0.344 e. The molecular formula is C56H74O12. The first-order valence-electron chi connectivity index (χ1n) is 23.2. The monoisotopic (exact) mass is 939 g/mol. The lowest BCUT2D eigenvalue weighted by Crippen LogP contribution is -2.27. The van der Waals surface area contributed by atoms with E-state index in [1.807, 2.05) is 133 Å². The van der Waals surface area contributed by atoms with Crippen molar-refractivity contribution in [2.45, 2.75) is 159 Å². The molecule has 0 N–H and O–H groups in total. The van der Waals surface area contributed by atoms with E-state index in [-0.39, 0.29) is 26.4 Å². The van der Waals surface area contributed by atoms with E-state index in [1.165, 1.54) is 0 Å². The van der Waals surface area contributed by atoms with Crippen LogP contribution in [0.25, 0.3) is 0 Å². The molecule has 0 amide bonds. The summed E-state index contributed by atoms with van der Waals surface area (Å²) in [5.41, 5.74) is 7.10. The van der Waals surface area contributed by atoms with Crippen LogP contribution >= 0.6 is 0 Å². The van der Waals surface area contributed by atoms with Crippen LogP contribution in [-0.2, 0) is 57.4 Å². The second kappa shape index (κ2) is 22.4. The molecule has 0 aromatic heterocycles. The van der Waals surface area contributed by atoms with E-state index in [0.29, 0.717) is 42.3 Å². The van der Waals surface area contributed by atoms with Gasteiger partial charge in [-0.05, 0) is 181 Å². The first-order valence-corrected chi connectivity index (χ1v) is 23.2. The Hall–Kier alpha value is -6.04. The molecule has 4 aromatic rings. The topological polar surface area (TPSA) is 142 Å². The molecule has 0 radical (unpaired) electrons. The van der Waals surface area contributed by atoms with Gasteiger partial charge in [0.1, 0.15) is 45.4 Å². The van der Waals surface area contributed by atoms with Crippen molar-refractivity contribution in [2.24, 2.45) is 0 Å². The van der Waals surface area contributed by atoms with E-state index in [2.05, 4.69) is 18.2 Å². The van der Waals surface area contributed by atoms with Crippen molar-refractivity contribution in [2.75, 3.05) is 26.4 Å². The highest BCUT2D eigenvalue weighted by Gasteiger charge is 2.25. The minimum atomic E-state index is -0.693. The lowest BCUT2D eigenvalue weighted by atomic mass is 9.88. The Bertz CT molecular complexity index is 2450. The molecule has 0 aliphatic carbocycles. The van der Waals surface area contributed by atoms with E-state index < -0.39 is 46.3 Å². The van der Waals surface area contributed by atoms with Crippen LogP contribution in [0.5, 0.6) is 23.0 Å². The minimum absolute atomic E-state index is 0.271. The van der Waals surface area contributed by atoms with Crippen LogP contribution in [0.3, 0.4) is 0 Å². The van der Waals surface area contributed by atoms with Gasteiger partial charge in [0, 0.05) is 18.4 Å². The maximum absolute atomic E-state index is 13.0. The number of esters is 4. The molecule has 0 heterocycles. The van der Waals surface area contributed by atoms with Crippen LogP contribution in [0.1, 0.15) is 144 Å². The third-order valence-electron chi connectivity index (χ3n) is 9.98. The van der Waals surface area contributed by atoms with E-state index >= 15 is 0 Å². The lowest BCUT2D eigenvalue weighted by Gasteiger charge is -2.23. The summed E-state index contributed by atoms with van der Waals surface area (Å²) in [4.78, 5) is 51.4. The molecule has 12 heteroatoms. The van der Waals surface area contributed by atoms with Crippen molar-refractivity contribution < 1.29 is 57.1 Å². The number of ether oxygens (including phenoxy) is 8. The molecule has 0 saturated heterocycles. The van der Waals surface area contributed by atoms with Gasteiger partial charge in [-0.3, -0.25) is 0 Å². The van der Waals surface area contributed by atoms with Crippen molar-refractivity contribution in [1.82, 2.24) is 0 Å². The molecule has 370 valence electrons. The summed E-state index contributed by atoms with van der Waals surface area (Å²) in [7, 11) is 0. The van der Waals surface area contributed by atoms with Crippen LogP contribution in [0, 0.1) is 34.6 Å². The second-order valence-corrected chi connectivity index (χ2v) is 21.4. The predicted octanol–water partition coefficient (Wildman–Crippen LogP) is 10.9. The summed E-state index contributed by atoms with van der Waals surface area (Å²) < 4.78 is 47.0.